The summed E-state index contributed by atoms with van der Waals surface area (Å²) in [6.45, 7) is 18.0. The predicted octanol–water partition coefficient (Wildman–Crippen LogP) is -0.0305. The Kier molecular flexibility index (Phi) is 257. The van der Waals surface area contributed by atoms with E-state index in [0.717, 1.165) is 0 Å². The van der Waals surface area contributed by atoms with Gasteiger partial charge in [-0.1, -0.05) is 25.7 Å². The van der Waals surface area contributed by atoms with Crippen LogP contribution < -0.4 is 0 Å². The minimum absolute atomic E-state index is 0. The molecule has 0 unspecified atom stereocenters. The van der Waals surface area contributed by atoms with Crippen molar-refractivity contribution in [2.24, 2.45) is 0 Å². The molecule has 0 amide bonds. The van der Waals surface area contributed by atoms with Gasteiger partial charge in [0.2, 0.25) is 0 Å². The average Bonchev–Trinajstić information content (AvgIpc) is 2.14. The van der Waals surface area contributed by atoms with Gasteiger partial charge in [-0.15, -0.1) is 0 Å². The van der Waals surface area contributed by atoms with Crippen molar-refractivity contribution >= 4 is 27.2 Å². The second-order valence-corrected chi connectivity index (χ2v) is 1.41. The third kappa shape index (κ3) is 92.2. The van der Waals surface area contributed by atoms with Crippen LogP contribution in [-0.4, -0.2) is 27.2 Å². The molecule has 1 aliphatic rings. The van der Waals surface area contributed by atoms with E-state index in [1.165, 1.54) is 25.7 Å². The van der Waals surface area contributed by atoms with Crippen molar-refractivity contribution in [3.05, 3.63) is 0 Å². The molecule has 4 nitrogen and oxygen atoms in total. The molecule has 0 bridgehead atoms. The van der Waals surface area contributed by atoms with Crippen LogP contribution >= 0.6 is 0 Å². The largest absolute Gasteiger partial charge is 0.281 e. The smallest absolute Gasteiger partial charge is 0.281 e. The molecule has 1 aliphatic carbocycles. The summed E-state index contributed by atoms with van der Waals surface area (Å²) in [7, 11) is 0. The van der Waals surface area contributed by atoms with Crippen molar-refractivity contribution in [1.82, 2.24) is 0 Å². The first-order valence-corrected chi connectivity index (χ1v) is 2.82. The van der Waals surface area contributed by atoms with Crippen LogP contribution in [0.1, 0.15) is 25.7 Å². The van der Waals surface area contributed by atoms with Gasteiger partial charge in [-0.05, 0) is 0 Å². The molecule has 0 aromatic rings. The summed E-state index contributed by atoms with van der Waals surface area (Å²) >= 11 is 0. The molecule has 5 heteroatoms. The van der Waals surface area contributed by atoms with Gasteiger partial charge < -0.3 is 0 Å². The van der Waals surface area contributed by atoms with E-state index in [2.05, 4.69) is 27.2 Å². The minimum atomic E-state index is 0. The second-order valence-electron chi connectivity index (χ2n) is 1.41. The molecule has 0 atom stereocenters. The van der Waals surface area contributed by atoms with Gasteiger partial charge in [0.05, 0.1) is 0 Å². The molecular weight excluding hydrogens is 212 g/mol. The van der Waals surface area contributed by atoms with Gasteiger partial charge in [0.25, 0.3) is 27.2 Å². The monoisotopic (exact) mass is 220 g/mol. The van der Waals surface area contributed by atoms with Crippen molar-refractivity contribution in [3.63, 3.8) is 0 Å². The SMILES string of the molecule is C1CCC1.[C]=O.[C]=O.[C]=O.[C]=O.[Cr]. The first kappa shape index (κ1) is 29.5. The van der Waals surface area contributed by atoms with E-state index >= 15 is 0 Å². The third-order valence-corrected chi connectivity index (χ3v) is 1.000. The summed E-state index contributed by atoms with van der Waals surface area (Å²) in [4.78, 5) is 30.0. The van der Waals surface area contributed by atoms with E-state index < -0.39 is 0 Å². The van der Waals surface area contributed by atoms with Crippen molar-refractivity contribution in [2.45, 2.75) is 25.7 Å². The predicted molar refractivity (Wildman–Crippen MR) is 41.2 cm³/mol. The van der Waals surface area contributed by atoms with Crippen LogP contribution in [0.15, 0.2) is 0 Å². The van der Waals surface area contributed by atoms with Gasteiger partial charge in [-0.3, -0.25) is 19.2 Å². The van der Waals surface area contributed by atoms with E-state index in [1.54, 1.807) is 0 Å². The van der Waals surface area contributed by atoms with E-state index in [9.17, 15) is 0 Å². The topological polar surface area (TPSA) is 68.3 Å². The number of carbonyl (C=O) groups excluding carboxylic acids is 4. The molecular formula is C8H8CrO4. The van der Waals surface area contributed by atoms with Gasteiger partial charge in [-0.2, -0.15) is 0 Å². The van der Waals surface area contributed by atoms with Gasteiger partial charge >= 0.3 is 0 Å². The minimum Gasteiger partial charge on any atom is -0.281 e. The molecule has 0 heterocycles. The molecule has 1 rings (SSSR count). The van der Waals surface area contributed by atoms with Crippen molar-refractivity contribution in [3.8, 4) is 0 Å². The molecule has 0 spiro atoms. The number of rotatable bonds is 0. The maximum absolute atomic E-state index is 7.50. The third-order valence-electron chi connectivity index (χ3n) is 1.000. The van der Waals surface area contributed by atoms with Crippen LogP contribution in [0.3, 0.4) is 0 Å². The van der Waals surface area contributed by atoms with Crippen molar-refractivity contribution < 1.29 is 36.5 Å². The summed E-state index contributed by atoms with van der Waals surface area (Å²) in [6, 6.07) is 0. The van der Waals surface area contributed by atoms with Crippen LogP contribution in [-0.2, 0) is 36.5 Å². The summed E-state index contributed by atoms with van der Waals surface area (Å²) in [5.41, 5.74) is 0. The summed E-state index contributed by atoms with van der Waals surface area (Å²) in [5, 5.41) is 0. The molecule has 0 N–H and O–H groups in total. The van der Waals surface area contributed by atoms with Gasteiger partial charge in [0.1, 0.15) is 0 Å². The zero-order valence-electron chi connectivity index (χ0n) is 6.87. The fourth-order valence-electron chi connectivity index (χ4n) is 0.250. The zero-order chi connectivity index (χ0) is 10.8. The maximum atomic E-state index is 7.50. The fourth-order valence-corrected chi connectivity index (χ4v) is 0.250. The maximum Gasteiger partial charge on any atom is 0.281 e. The Balaban J connectivity index is -0.0000000215. The quantitative estimate of drug-likeness (QED) is 0.574. The Labute approximate surface area is 89.8 Å². The molecule has 0 aromatic heterocycles. The number of hydrogen-bond acceptors (Lipinski definition) is 4. The zero-order valence-corrected chi connectivity index (χ0v) is 8.14. The van der Waals surface area contributed by atoms with Crippen LogP contribution in [0.5, 0.6) is 0 Å². The van der Waals surface area contributed by atoms with E-state index in [0.29, 0.717) is 0 Å². The molecule has 0 saturated heterocycles. The molecule has 8 radical (unpaired) electrons. The standard InChI is InChI=1S/C4H8.4CO.Cr/c1-2-4-3-1;4*1-2;/h1-4H2;;;;;. The Morgan fingerprint density at radius 3 is 0.538 bits per heavy atom. The van der Waals surface area contributed by atoms with Crippen molar-refractivity contribution in [1.29, 1.82) is 0 Å². The summed E-state index contributed by atoms with van der Waals surface area (Å²) in [5.74, 6) is 0. The fraction of sp³-hybridized carbons (Fsp3) is 0.500. The van der Waals surface area contributed by atoms with Crippen LogP contribution in [0.25, 0.3) is 0 Å². The van der Waals surface area contributed by atoms with Crippen LogP contribution in [0, 0.1) is 0 Å². The van der Waals surface area contributed by atoms with Gasteiger partial charge in [0, 0.05) is 17.4 Å². The first-order valence-electron chi connectivity index (χ1n) is 2.82. The van der Waals surface area contributed by atoms with Gasteiger partial charge in [0.15, 0.2) is 0 Å². The Morgan fingerprint density at radius 2 is 0.538 bits per heavy atom. The van der Waals surface area contributed by atoms with Gasteiger partial charge in [-0.25, -0.2) is 0 Å². The van der Waals surface area contributed by atoms with E-state index in [4.69, 9.17) is 19.2 Å². The average molecular weight is 220 g/mol. The normalized spacial score (nSPS) is 8.62. The molecule has 0 aliphatic heterocycles. The Morgan fingerprint density at radius 1 is 0.462 bits per heavy atom. The molecule has 70 valence electrons. The van der Waals surface area contributed by atoms with Crippen LogP contribution in [0.2, 0.25) is 0 Å². The molecule has 13 heavy (non-hydrogen) atoms. The second kappa shape index (κ2) is 113. The summed E-state index contributed by atoms with van der Waals surface area (Å²) in [6.07, 6.45) is 6.00. The Hall–Kier alpha value is -0.788. The van der Waals surface area contributed by atoms with Crippen molar-refractivity contribution in [2.75, 3.05) is 0 Å². The summed E-state index contributed by atoms with van der Waals surface area (Å²) < 4.78 is 0. The molecule has 1 saturated carbocycles. The Bertz CT molecular complexity index is 48.1. The van der Waals surface area contributed by atoms with E-state index in [1.807, 2.05) is 0 Å². The molecule has 0 aromatic carbocycles. The van der Waals surface area contributed by atoms with Crippen LogP contribution in [0.4, 0.5) is 0 Å². The molecule has 1 fully saturated rings. The number of hydrogen-bond donors (Lipinski definition) is 0. The van der Waals surface area contributed by atoms with E-state index in [-0.39, 0.29) is 17.4 Å². The first-order chi connectivity index (χ1) is 6.00.